The molecule has 1 rings (SSSR count). The Balaban J connectivity index is 1.97. The van der Waals surface area contributed by atoms with Gasteiger partial charge in [-0.15, -0.1) is 0 Å². The van der Waals surface area contributed by atoms with Gasteiger partial charge in [0.25, 0.3) is 0 Å². The number of carbonyl (C=O) groups is 1. The van der Waals surface area contributed by atoms with E-state index in [1.807, 2.05) is 0 Å². The first-order valence-electron chi connectivity index (χ1n) is 9.72. The van der Waals surface area contributed by atoms with E-state index < -0.39 is 0 Å². The molecule has 0 atom stereocenters. The van der Waals surface area contributed by atoms with Crippen molar-refractivity contribution < 1.29 is 19.7 Å². The number of phenols is 2. The standard InChI is InChI=1S/C21H34O4/c1-17(2)13-10-8-6-4-3-5-7-9-11-16-20(23)25-19-15-12-14-18(22)21(19)24/h12,14-15,17,22,24H,3-11,13,16H2,1-2H3. The summed E-state index contributed by atoms with van der Waals surface area (Å²) >= 11 is 0. The molecule has 1 aromatic carbocycles. The zero-order valence-corrected chi connectivity index (χ0v) is 15.8. The molecule has 0 spiro atoms. The maximum Gasteiger partial charge on any atom is 0.311 e. The first-order chi connectivity index (χ1) is 12.0. The molecule has 0 aliphatic rings. The van der Waals surface area contributed by atoms with E-state index in [-0.39, 0.29) is 23.2 Å². The van der Waals surface area contributed by atoms with Crippen LogP contribution < -0.4 is 4.74 Å². The quantitative estimate of drug-likeness (QED) is 0.200. The molecule has 0 saturated heterocycles. The first-order valence-corrected chi connectivity index (χ1v) is 9.72. The zero-order valence-electron chi connectivity index (χ0n) is 15.8. The number of hydrogen-bond donors (Lipinski definition) is 2. The summed E-state index contributed by atoms with van der Waals surface area (Å²) in [6.07, 6.45) is 12.5. The number of phenolic OH excluding ortho intramolecular Hbond substituents is 2. The van der Waals surface area contributed by atoms with E-state index in [2.05, 4.69) is 13.8 Å². The number of esters is 1. The Morgan fingerprint density at radius 3 is 2.08 bits per heavy atom. The third-order valence-electron chi connectivity index (χ3n) is 4.36. The van der Waals surface area contributed by atoms with Crippen molar-refractivity contribution in [2.45, 2.75) is 84.5 Å². The Morgan fingerprint density at radius 2 is 1.48 bits per heavy atom. The lowest BCUT2D eigenvalue weighted by molar-refractivity contribution is -0.134. The second-order valence-electron chi connectivity index (χ2n) is 7.21. The van der Waals surface area contributed by atoms with Crippen molar-refractivity contribution in [1.29, 1.82) is 0 Å². The molecule has 0 heterocycles. The number of rotatable bonds is 13. The second-order valence-corrected chi connectivity index (χ2v) is 7.21. The summed E-state index contributed by atoms with van der Waals surface area (Å²) in [6, 6.07) is 4.34. The van der Waals surface area contributed by atoms with Crippen LogP contribution in [0.5, 0.6) is 17.2 Å². The molecule has 142 valence electrons. The zero-order chi connectivity index (χ0) is 18.5. The molecule has 0 radical (unpaired) electrons. The monoisotopic (exact) mass is 350 g/mol. The van der Waals surface area contributed by atoms with Gasteiger partial charge >= 0.3 is 5.97 Å². The molecule has 4 nitrogen and oxygen atoms in total. The lowest BCUT2D eigenvalue weighted by Gasteiger charge is -2.07. The highest BCUT2D eigenvalue weighted by atomic mass is 16.5. The van der Waals surface area contributed by atoms with Crippen LogP contribution in [0.3, 0.4) is 0 Å². The third kappa shape index (κ3) is 10.0. The van der Waals surface area contributed by atoms with Crippen LogP contribution in [0.25, 0.3) is 0 Å². The van der Waals surface area contributed by atoms with Crippen molar-refractivity contribution in [2.75, 3.05) is 0 Å². The molecular formula is C21H34O4. The molecule has 0 saturated carbocycles. The van der Waals surface area contributed by atoms with Gasteiger partial charge in [-0.3, -0.25) is 4.79 Å². The summed E-state index contributed by atoms with van der Waals surface area (Å²) in [5, 5.41) is 19.0. The molecule has 1 aromatic rings. The Labute approximate surface area is 152 Å². The van der Waals surface area contributed by atoms with E-state index >= 15 is 0 Å². The highest BCUT2D eigenvalue weighted by molar-refractivity contribution is 5.73. The minimum absolute atomic E-state index is 0.0162. The van der Waals surface area contributed by atoms with Gasteiger partial charge in [0.2, 0.25) is 5.75 Å². The van der Waals surface area contributed by atoms with Crippen molar-refractivity contribution in [3.63, 3.8) is 0 Å². The van der Waals surface area contributed by atoms with Crippen LogP contribution in [-0.4, -0.2) is 16.2 Å². The number of para-hydroxylation sites is 1. The van der Waals surface area contributed by atoms with Gasteiger partial charge < -0.3 is 14.9 Å². The van der Waals surface area contributed by atoms with Crippen molar-refractivity contribution >= 4 is 5.97 Å². The molecule has 0 amide bonds. The maximum atomic E-state index is 11.7. The number of benzene rings is 1. The van der Waals surface area contributed by atoms with Gasteiger partial charge in [-0.2, -0.15) is 0 Å². The number of ether oxygens (including phenoxy) is 1. The van der Waals surface area contributed by atoms with Crippen LogP contribution in [-0.2, 0) is 4.79 Å². The van der Waals surface area contributed by atoms with Gasteiger partial charge in [0.15, 0.2) is 11.5 Å². The smallest absolute Gasteiger partial charge is 0.311 e. The summed E-state index contributed by atoms with van der Waals surface area (Å²) in [5.74, 6) is -0.199. The topological polar surface area (TPSA) is 66.8 Å². The summed E-state index contributed by atoms with van der Waals surface area (Å²) in [7, 11) is 0. The SMILES string of the molecule is CC(C)CCCCCCCCCCCC(=O)Oc1cccc(O)c1O. The molecule has 0 aromatic heterocycles. The fraction of sp³-hybridized carbons (Fsp3) is 0.667. The minimum Gasteiger partial charge on any atom is -0.504 e. The molecule has 0 bridgehead atoms. The van der Waals surface area contributed by atoms with Crippen LogP contribution in [0.4, 0.5) is 0 Å². The molecule has 0 aliphatic heterocycles. The Kier molecular flexibility index (Phi) is 10.8. The van der Waals surface area contributed by atoms with Crippen molar-refractivity contribution in [2.24, 2.45) is 5.92 Å². The number of aromatic hydroxyl groups is 2. The molecule has 4 heteroatoms. The third-order valence-corrected chi connectivity index (χ3v) is 4.36. The fourth-order valence-corrected chi connectivity index (χ4v) is 2.83. The van der Waals surface area contributed by atoms with Crippen LogP contribution in [0.2, 0.25) is 0 Å². The van der Waals surface area contributed by atoms with E-state index in [0.717, 1.165) is 25.2 Å². The van der Waals surface area contributed by atoms with Crippen LogP contribution in [0.15, 0.2) is 18.2 Å². The largest absolute Gasteiger partial charge is 0.504 e. The number of unbranched alkanes of at least 4 members (excludes halogenated alkanes) is 8. The van der Waals surface area contributed by atoms with Crippen molar-refractivity contribution in [3.8, 4) is 17.2 Å². The van der Waals surface area contributed by atoms with Gasteiger partial charge in [-0.05, 0) is 24.5 Å². The molecule has 0 unspecified atom stereocenters. The Morgan fingerprint density at radius 1 is 0.920 bits per heavy atom. The lowest BCUT2D eigenvalue weighted by atomic mass is 10.0. The van der Waals surface area contributed by atoms with Gasteiger partial charge in [0, 0.05) is 6.42 Å². The van der Waals surface area contributed by atoms with Gasteiger partial charge in [-0.25, -0.2) is 0 Å². The van der Waals surface area contributed by atoms with E-state index in [4.69, 9.17) is 4.74 Å². The average molecular weight is 350 g/mol. The molecule has 0 aliphatic carbocycles. The van der Waals surface area contributed by atoms with Gasteiger partial charge in [-0.1, -0.05) is 77.7 Å². The van der Waals surface area contributed by atoms with Crippen LogP contribution in [0, 0.1) is 5.92 Å². The van der Waals surface area contributed by atoms with E-state index in [0.29, 0.717) is 6.42 Å². The normalized spacial score (nSPS) is 11.0. The molecular weight excluding hydrogens is 316 g/mol. The predicted octanol–water partition coefficient (Wildman–Crippen LogP) is 5.95. The summed E-state index contributed by atoms with van der Waals surface area (Å²) < 4.78 is 5.08. The predicted molar refractivity (Wildman–Crippen MR) is 101 cm³/mol. The molecule has 25 heavy (non-hydrogen) atoms. The minimum atomic E-state index is -0.385. The molecule has 2 N–H and O–H groups in total. The van der Waals surface area contributed by atoms with Gasteiger partial charge in [0.05, 0.1) is 0 Å². The van der Waals surface area contributed by atoms with E-state index in [1.54, 1.807) is 0 Å². The van der Waals surface area contributed by atoms with Gasteiger partial charge in [0.1, 0.15) is 0 Å². The highest BCUT2D eigenvalue weighted by Crippen LogP contribution is 2.34. The Hall–Kier alpha value is -1.71. The Bertz CT molecular complexity index is 497. The van der Waals surface area contributed by atoms with Crippen molar-refractivity contribution in [1.82, 2.24) is 0 Å². The van der Waals surface area contributed by atoms with Crippen LogP contribution >= 0.6 is 0 Å². The second kappa shape index (κ2) is 12.6. The fourth-order valence-electron chi connectivity index (χ4n) is 2.83. The molecule has 0 fully saturated rings. The average Bonchev–Trinajstić information content (AvgIpc) is 2.56. The van der Waals surface area contributed by atoms with E-state index in [1.165, 1.54) is 63.1 Å². The number of carbonyl (C=O) groups excluding carboxylic acids is 1. The number of hydrogen-bond acceptors (Lipinski definition) is 4. The lowest BCUT2D eigenvalue weighted by Crippen LogP contribution is -2.07. The highest BCUT2D eigenvalue weighted by Gasteiger charge is 2.11. The van der Waals surface area contributed by atoms with E-state index in [9.17, 15) is 15.0 Å². The summed E-state index contributed by atoms with van der Waals surface area (Å²) in [6.45, 7) is 4.56. The maximum absolute atomic E-state index is 11.7. The summed E-state index contributed by atoms with van der Waals surface area (Å²) in [5.41, 5.74) is 0. The summed E-state index contributed by atoms with van der Waals surface area (Å²) in [4.78, 5) is 11.7. The first kappa shape index (κ1) is 21.3. The van der Waals surface area contributed by atoms with Crippen molar-refractivity contribution in [3.05, 3.63) is 18.2 Å². The van der Waals surface area contributed by atoms with Crippen LogP contribution in [0.1, 0.15) is 84.5 Å².